The van der Waals surface area contributed by atoms with Crippen LogP contribution in [0.2, 0.25) is 5.02 Å². The van der Waals surface area contributed by atoms with Crippen molar-refractivity contribution in [3.63, 3.8) is 0 Å². The summed E-state index contributed by atoms with van der Waals surface area (Å²) in [5, 5.41) is 0.459. The van der Waals surface area contributed by atoms with Gasteiger partial charge in [0.25, 0.3) is 0 Å². The van der Waals surface area contributed by atoms with Crippen LogP contribution in [0.5, 0.6) is 0 Å². The fourth-order valence-electron chi connectivity index (χ4n) is 1.02. The molecule has 0 fully saturated rings. The third kappa shape index (κ3) is 2.81. The summed E-state index contributed by atoms with van der Waals surface area (Å²) in [6.45, 7) is 1.75. The molecule has 1 rings (SSSR count). The van der Waals surface area contributed by atoms with Crippen molar-refractivity contribution in [1.82, 2.24) is 0 Å². The molecule has 1 aromatic carbocycles. The molecular formula is C10H10ClFO. The second-order valence-corrected chi connectivity index (χ2v) is 3.24. The molecule has 1 nitrogen and oxygen atoms in total. The van der Waals surface area contributed by atoms with Crippen LogP contribution in [0.25, 0.3) is 0 Å². The van der Waals surface area contributed by atoms with Crippen molar-refractivity contribution in [3.05, 3.63) is 34.6 Å². The summed E-state index contributed by atoms with van der Waals surface area (Å²) in [5.74, 6) is -0.354. The lowest BCUT2D eigenvalue weighted by Crippen LogP contribution is -2.02. The number of rotatable bonds is 3. The predicted octanol–water partition coefficient (Wildman–Crippen LogP) is 3.00. The molecule has 0 saturated carbocycles. The number of halogens is 2. The third-order valence-corrected chi connectivity index (χ3v) is 2.02. The van der Waals surface area contributed by atoms with Gasteiger partial charge in [0.1, 0.15) is 11.6 Å². The Labute approximate surface area is 81.5 Å². The maximum atomic E-state index is 13.1. The summed E-state index contributed by atoms with van der Waals surface area (Å²) in [5.41, 5.74) is 0.374. The van der Waals surface area contributed by atoms with Gasteiger partial charge in [-0.2, -0.15) is 0 Å². The average Bonchev–Trinajstić information content (AvgIpc) is 2.11. The van der Waals surface area contributed by atoms with E-state index >= 15 is 0 Å². The van der Waals surface area contributed by atoms with Gasteiger partial charge in [0.2, 0.25) is 0 Å². The number of hydrogen-bond acceptors (Lipinski definition) is 1. The summed E-state index contributed by atoms with van der Waals surface area (Å²) >= 11 is 5.67. The highest BCUT2D eigenvalue weighted by molar-refractivity contribution is 6.30. The summed E-state index contributed by atoms with van der Waals surface area (Å²) < 4.78 is 13.1. The first kappa shape index (κ1) is 10.2. The quantitative estimate of drug-likeness (QED) is 0.733. The second kappa shape index (κ2) is 4.38. The average molecular weight is 201 g/mol. The van der Waals surface area contributed by atoms with E-state index < -0.39 is 0 Å². The predicted molar refractivity (Wildman–Crippen MR) is 50.4 cm³/mol. The molecule has 0 N–H and O–H groups in total. The zero-order valence-electron chi connectivity index (χ0n) is 7.31. The summed E-state index contributed by atoms with van der Waals surface area (Å²) in [4.78, 5) is 11.0. The van der Waals surface area contributed by atoms with E-state index in [1.54, 1.807) is 6.92 Å². The molecule has 0 aliphatic heterocycles. The smallest absolute Gasteiger partial charge is 0.137 e. The van der Waals surface area contributed by atoms with Crippen LogP contribution >= 0.6 is 11.6 Å². The highest BCUT2D eigenvalue weighted by atomic mass is 35.5. The van der Waals surface area contributed by atoms with Crippen molar-refractivity contribution >= 4 is 17.4 Å². The van der Waals surface area contributed by atoms with E-state index in [9.17, 15) is 9.18 Å². The Bertz CT molecular complexity index is 323. The molecule has 1 aromatic rings. The highest BCUT2D eigenvalue weighted by Gasteiger charge is 2.06. The lowest BCUT2D eigenvalue weighted by atomic mass is 10.1. The Morgan fingerprint density at radius 2 is 2.23 bits per heavy atom. The van der Waals surface area contributed by atoms with E-state index in [0.29, 0.717) is 17.0 Å². The lowest BCUT2D eigenvalue weighted by molar-refractivity contribution is -0.118. The molecule has 0 unspecified atom stereocenters. The van der Waals surface area contributed by atoms with E-state index in [0.717, 1.165) is 0 Å². The van der Waals surface area contributed by atoms with Gasteiger partial charge in [-0.3, -0.25) is 4.79 Å². The van der Waals surface area contributed by atoms with E-state index in [1.165, 1.54) is 18.2 Å². The minimum absolute atomic E-state index is 0.0150. The molecule has 0 spiro atoms. The Kier molecular flexibility index (Phi) is 3.43. The maximum absolute atomic E-state index is 13.1. The molecule has 0 heterocycles. The molecule has 0 radical (unpaired) electrons. The summed E-state index contributed by atoms with van der Waals surface area (Å²) in [6.07, 6.45) is 0.550. The first-order valence-corrected chi connectivity index (χ1v) is 4.47. The first-order chi connectivity index (χ1) is 6.13. The van der Waals surface area contributed by atoms with Crippen molar-refractivity contribution in [2.45, 2.75) is 19.8 Å². The van der Waals surface area contributed by atoms with Crippen LogP contribution in [-0.2, 0) is 11.2 Å². The van der Waals surface area contributed by atoms with Gasteiger partial charge >= 0.3 is 0 Å². The maximum Gasteiger partial charge on any atom is 0.137 e. The zero-order valence-corrected chi connectivity index (χ0v) is 8.07. The van der Waals surface area contributed by atoms with Crippen LogP contribution in [0, 0.1) is 5.82 Å². The van der Waals surface area contributed by atoms with Gasteiger partial charge in [-0.1, -0.05) is 18.5 Å². The van der Waals surface area contributed by atoms with E-state index in [-0.39, 0.29) is 18.0 Å². The van der Waals surface area contributed by atoms with Crippen LogP contribution in [0.15, 0.2) is 18.2 Å². The largest absolute Gasteiger partial charge is 0.299 e. The van der Waals surface area contributed by atoms with E-state index in [2.05, 4.69) is 0 Å². The molecular weight excluding hydrogens is 191 g/mol. The molecule has 70 valence electrons. The zero-order chi connectivity index (χ0) is 9.84. The van der Waals surface area contributed by atoms with Crippen molar-refractivity contribution < 1.29 is 9.18 Å². The van der Waals surface area contributed by atoms with Gasteiger partial charge in [-0.25, -0.2) is 4.39 Å². The molecule has 13 heavy (non-hydrogen) atoms. The molecule has 0 atom stereocenters. The molecule has 0 saturated heterocycles. The minimum Gasteiger partial charge on any atom is -0.299 e. The van der Waals surface area contributed by atoms with E-state index in [1.807, 2.05) is 0 Å². The number of carbonyl (C=O) groups excluding carboxylic acids is 1. The molecule has 0 amide bonds. The number of Topliss-reactive ketones (excluding diaryl/α,β-unsaturated/α-hetero) is 1. The third-order valence-electron chi connectivity index (χ3n) is 1.79. The molecule has 3 heteroatoms. The number of benzene rings is 1. The Hall–Kier alpha value is -0.890. The lowest BCUT2D eigenvalue weighted by Gasteiger charge is -2.01. The monoisotopic (exact) mass is 200 g/mol. The second-order valence-electron chi connectivity index (χ2n) is 2.80. The van der Waals surface area contributed by atoms with Gasteiger partial charge in [0.05, 0.1) is 0 Å². The van der Waals surface area contributed by atoms with Crippen LogP contribution in [0.1, 0.15) is 18.9 Å². The Morgan fingerprint density at radius 3 is 2.85 bits per heavy atom. The van der Waals surface area contributed by atoms with E-state index in [4.69, 9.17) is 11.6 Å². The van der Waals surface area contributed by atoms with Gasteiger partial charge < -0.3 is 0 Å². The van der Waals surface area contributed by atoms with Gasteiger partial charge in [0.15, 0.2) is 0 Å². The van der Waals surface area contributed by atoms with Crippen molar-refractivity contribution in [1.29, 1.82) is 0 Å². The number of ketones is 1. The first-order valence-electron chi connectivity index (χ1n) is 4.09. The fraction of sp³-hybridized carbons (Fsp3) is 0.300. The fourth-order valence-corrected chi connectivity index (χ4v) is 1.21. The Balaban J connectivity index is 2.87. The summed E-state index contributed by atoms with van der Waals surface area (Å²) in [7, 11) is 0. The topological polar surface area (TPSA) is 17.1 Å². The van der Waals surface area contributed by atoms with Crippen molar-refractivity contribution in [3.8, 4) is 0 Å². The molecule has 0 bridgehead atoms. The molecule has 0 aromatic heterocycles. The normalized spacial score (nSPS) is 10.1. The Morgan fingerprint density at radius 1 is 1.54 bits per heavy atom. The molecule has 0 aliphatic rings. The van der Waals surface area contributed by atoms with Crippen LogP contribution in [0.3, 0.4) is 0 Å². The van der Waals surface area contributed by atoms with Crippen molar-refractivity contribution in [2.75, 3.05) is 0 Å². The standard InChI is InChI=1S/C10H10ClFO/c1-2-9(13)6-7-5-8(11)3-4-10(7)12/h3-5H,2,6H2,1H3. The number of carbonyl (C=O) groups is 1. The van der Waals surface area contributed by atoms with Crippen LogP contribution in [0.4, 0.5) is 4.39 Å². The van der Waals surface area contributed by atoms with Crippen molar-refractivity contribution in [2.24, 2.45) is 0 Å². The van der Waals surface area contributed by atoms with Gasteiger partial charge in [-0.15, -0.1) is 0 Å². The minimum atomic E-state index is -0.369. The van der Waals surface area contributed by atoms with Gasteiger partial charge in [0, 0.05) is 17.9 Å². The highest BCUT2D eigenvalue weighted by Crippen LogP contribution is 2.15. The van der Waals surface area contributed by atoms with Gasteiger partial charge in [-0.05, 0) is 23.8 Å². The SMILES string of the molecule is CCC(=O)Cc1cc(Cl)ccc1F. The number of hydrogen-bond donors (Lipinski definition) is 0. The summed E-state index contributed by atoms with van der Waals surface area (Å²) in [6, 6.07) is 4.24. The van der Waals surface area contributed by atoms with Crippen LogP contribution in [-0.4, -0.2) is 5.78 Å². The van der Waals surface area contributed by atoms with Crippen LogP contribution < -0.4 is 0 Å². The molecule has 0 aliphatic carbocycles.